The molecule has 1 amide bonds. The Morgan fingerprint density at radius 1 is 1.19 bits per heavy atom. The second kappa shape index (κ2) is 8.86. The lowest BCUT2D eigenvalue weighted by atomic mass is 10.0. The monoisotopic (exact) mass is 424 g/mol. The van der Waals surface area contributed by atoms with Crippen LogP contribution < -0.4 is 0 Å². The molecule has 2 aromatic heterocycles. The number of H-pyrrole nitrogens is 1. The Balaban J connectivity index is 0.000000293. The Labute approximate surface area is 178 Å². The highest BCUT2D eigenvalue weighted by Crippen LogP contribution is 2.32. The zero-order valence-corrected chi connectivity index (χ0v) is 17.5. The number of aliphatic carboxylic acids is 2. The van der Waals surface area contributed by atoms with Crippen molar-refractivity contribution in [3.05, 3.63) is 64.9 Å². The summed E-state index contributed by atoms with van der Waals surface area (Å²) < 4.78 is 2.19. The molecule has 0 fully saturated rings. The Morgan fingerprint density at radius 3 is 2.45 bits per heavy atom. The average molecular weight is 424 g/mol. The number of aromatic amines is 1. The summed E-state index contributed by atoms with van der Waals surface area (Å²) in [4.78, 5) is 41.5. The van der Waals surface area contributed by atoms with Gasteiger partial charge in [-0.15, -0.1) is 0 Å². The molecule has 0 bridgehead atoms. The molecule has 0 saturated carbocycles. The fourth-order valence-electron chi connectivity index (χ4n) is 3.82. The predicted molar refractivity (Wildman–Crippen MR) is 114 cm³/mol. The smallest absolute Gasteiger partial charge is 0.328 e. The van der Waals surface area contributed by atoms with Gasteiger partial charge in [-0.05, 0) is 19.4 Å². The Hall–Kier alpha value is -3.88. The number of aryl methyl sites for hydroxylation is 3. The molecule has 0 atom stereocenters. The summed E-state index contributed by atoms with van der Waals surface area (Å²) in [5.74, 6) is -2.40. The minimum Gasteiger partial charge on any atom is -0.478 e. The number of para-hydroxylation sites is 1. The van der Waals surface area contributed by atoms with E-state index in [0.717, 1.165) is 41.0 Å². The van der Waals surface area contributed by atoms with Crippen LogP contribution in [-0.4, -0.2) is 54.0 Å². The van der Waals surface area contributed by atoms with Crippen LogP contribution in [0.5, 0.6) is 0 Å². The molecule has 1 aliphatic heterocycles. The van der Waals surface area contributed by atoms with Gasteiger partial charge in [-0.3, -0.25) is 4.79 Å². The van der Waals surface area contributed by atoms with Gasteiger partial charge in [-0.2, -0.15) is 0 Å². The van der Waals surface area contributed by atoms with Crippen LogP contribution in [0.3, 0.4) is 0 Å². The van der Waals surface area contributed by atoms with Gasteiger partial charge in [0.25, 0.3) is 5.91 Å². The highest BCUT2D eigenvalue weighted by molar-refractivity contribution is 6.09. The number of carboxylic acid groups (broad SMARTS) is 2. The molecule has 162 valence electrons. The van der Waals surface area contributed by atoms with Crippen molar-refractivity contribution < 1.29 is 24.6 Å². The topological polar surface area (TPSA) is 129 Å². The van der Waals surface area contributed by atoms with E-state index >= 15 is 0 Å². The molecule has 3 aromatic rings. The minimum atomic E-state index is -1.26. The van der Waals surface area contributed by atoms with E-state index in [2.05, 4.69) is 40.6 Å². The van der Waals surface area contributed by atoms with Crippen LogP contribution in [0.2, 0.25) is 0 Å². The molecule has 0 aliphatic carbocycles. The van der Waals surface area contributed by atoms with Crippen LogP contribution >= 0.6 is 0 Å². The summed E-state index contributed by atoms with van der Waals surface area (Å²) in [5.41, 5.74) is 6.36. The number of imidazole rings is 1. The molecule has 0 unspecified atom stereocenters. The number of aromatic nitrogens is 3. The second-order valence-electron chi connectivity index (χ2n) is 7.31. The highest BCUT2D eigenvalue weighted by Gasteiger charge is 2.30. The Kier molecular flexibility index (Phi) is 6.24. The van der Waals surface area contributed by atoms with E-state index in [1.165, 1.54) is 11.1 Å². The van der Waals surface area contributed by atoms with E-state index in [0.29, 0.717) is 18.7 Å². The van der Waals surface area contributed by atoms with Crippen LogP contribution in [0.1, 0.15) is 33.0 Å². The first-order chi connectivity index (χ1) is 14.7. The molecule has 0 spiro atoms. The summed E-state index contributed by atoms with van der Waals surface area (Å²) in [7, 11) is 2.06. The van der Waals surface area contributed by atoms with E-state index in [-0.39, 0.29) is 5.91 Å². The molecule has 0 saturated heterocycles. The SMILES string of the molecule is Cc1[nH]cnc1CN1CCc2c(c3cccc(C)c3n2C)C1=O.O=C(O)/C=C\C(=O)O. The number of rotatable bonds is 4. The maximum atomic E-state index is 13.1. The number of hydrogen-bond donors (Lipinski definition) is 3. The molecular weight excluding hydrogens is 400 g/mol. The second-order valence-corrected chi connectivity index (χ2v) is 7.31. The molecule has 0 radical (unpaired) electrons. The van der Waals surface area contributed by atoms with Crippen LogP contribution in [0.15, 0.2) is 36.7 Å². The zero-order chi connectivity index (χ0) is 22.7. The standard InChI is InChI=1S/C18H20N4O.C4H4O4/c1-11-5-4-6-13-16-15(21(3)17(11)13)7-8-22(18(16)23)9-14-12(2)19-10-20-14;5-3(6)1-2-4(7)8/h4-6,10H,7-9H2,1-3H3,(H,19,20);1-2H,(H,5,6)(H,7,8)/b;2-1-. The van der Waals surface area contributed by atoms with Crippen molar-refractivity contribution in [1.29, 1.82) is 0 Å². The molecule has 3 heterocycles. The summed E-state index contributed by atoms with van der Waals surface area (Å²) in [6.07, 6.45) is 3.69. The van der Waals surface area contributed by atoms with Gasteiger partial charge in [0.15, 0.2) is 0 Å². The van der Waals surface area contributed by atoms with Gasteiger partial charge in [-0.25, -0.2) is 14.6 Å². The van der Waals surface area contributed by atoms with Crippen LogP contribution in [-0.2, 0) is 29.6 Å². The minimum absolute atomic E-state index is 0.116. The van der Waals surface area contributed by atoms with Crippen molar-refractivity contribution in [2.75, 3.05) is 6.54 Å². The number of carbonyl (C=O) groups is 3. The van der Waals surface area contributed by atoms with Crippen molar-refractivity contribution in [3.8, 4) is 0 Å². The lowest BCUT2D eigenvalue weighted by molar-refractivity contribution is -0.134. The van der Waals surface area contributed by atoms with Crippen LogP contribution in [0, 0.1) is 13.8 Å². The summed E-state index contributed by atoms with van der Waals surface area (Å²) >= 11 is 0. The lowest BCUT2D eigenvalue weighted by Gasteiger charge is -2.27. The number of hydrogen-bond acceptors (Lipinski definition) is 4. The van der Waals surface area contributed by atoms with E-state index in [9.17, 15) is 14.4 Å². The Morgan fingerprint density at radius 2 is 1.87 bits per heavy atom. The molecule has 1 aromatic carbocycles. The molecular formula is C22H24N4O5. The van der Waals surface area contributed by atoms with E-state index in [1.54, 1.807) is 6.33 Å². The summed E-state index contributed by atoms with van der Waals surface area (Å²) in [5, 5.41) is 16.7. The normalized spacial score (nSPS) is 13.3. The van der Waals surface area contributed by atoms with E-state index < -0.39 is 11.9 Å². The Bertz CT molecular complexity index is 1170. The lowest BCUT2D eigenvalue weighted by Crippen LogP contribution is -2.37. The van der Waals surface area contributed by atoms with Gasteiger partial charge >= 0.3 is 11.9 Å². The average Bonchev–Trinajstić information content (AvgIpc) is 3.25. The third-order valence-electron chi connectivity index (χ3n) is 5.30. The number of carbonyl (C=O) groups excluding carboxylic acids is 1. The summed E-state index contributed by atoms with van der Waals surface area (Å²) in [6.45, 7) is 5.39. The number of amides is 1. The fourth-order valence-corrected chi connectivity index (χ4v) is 3.82. The summed E-state index contributed by atoms with van der Waals surface area (Å²) in [6, 6.07) is 6.19. The molecule has 1 aliphatic rings. The van der Waals surface area contributed by atoms with Gasteiger partial charge in [0.1, 0.15) is 0 Å². The molecule has 9 heteroatoms. The van der Waals surface area contributed by atoms with E-state index in [4.69, 9.17) is 10.2 Å². The van der Waals surface area contributed by atoms with Crippen molar-refractivity contribution in [1.82, 2.24) is 19.4 Å². The van der Waals surface area contributed by atoms with E-state index in [1.807, 2.05) is 17.9 Å². The number of nitrogens with zero attached hydrogens (tertiary/aromatic N) is 3. The first-order valence-corrected chi connectivity index (χ1v) is 9.69. The fraction of sp³-hybridized carbons (Fsp3) is 0.273. The first kappa shape index (κ1) is 21.8. The van der Waals surface area contributed by atoms with Crippen molar-refractivity contribution >= 4 is 28.7 Å². The van der Waals surface area contributed by atoms with Gasteiger partial charge in [0, 0.05) is 48.9 Å². The molecule has 9 nitrogen and oxygen atoms in total. The van der Waals surface area contributed by atoms with Gasteiger partial charge in [0.2, 0.25) is 0 Å². The molecule has 31 heavy (non-hydrogen) atoms. The maximum absolute atomic E-state index is 13.1. The predicted octanol–water partition coefficient (Wildman–Crippen LogP) is 2.43. The maximum Gasteiger partial charge on any atom is 0.328 e. The molecule has 3 N–H and O–H groups in total. The van der Waals surface area contributed by atoms with Gasteiger partial charge in [0.05, 0.1) is 29.6 Å². The van der Waals surface area contributed by atoms with Crippen molar-refractivity contribution in [3.63, 3.8) is 0 Å². The highest BCUT2D eigenvalue weighted by atomic mass is 16.4. The first-order valence-electron chi connectivity index (χ1n) is 9.69. The third-order valence-corrected chi connectivity index (χ3v) is 5.30. The van der Waals surface area contributed by atoms with Crippen LogP contribution in [0.4, 0.5) is 0 Å². The third kappa shape index (κ3) is 4.50. The van der Waals surface area contributed by atoms with Crippen LogP contribution in [0.25, 0.3) is 10.9 Å². The van der Waals surface area contributed by atoms with Crippen molar-refractivity contribution in [2.24, 2.45) is 7.05 Å². The number of fused-ring (bicyclic) bond motifs is 3. The largest absolute Gasteiger partial charge is 0.478 e. The van der Waals surface area contributed by atoms with Gasteiger partial charge in [-0.1, -0.05) is 18.2 Å². The quantitative estimate of drug-likeness (QED) is 0.552. The number of benzene rings is 1. The zero-order valence-electron chi connectivity index (χ0n) is 17.5. The van der Waals surface area contributed by atoms with Crippen molar-refractivity contribution in [2.45, 2.75) is 26.8 Å². The number of carboxylic acids is 2. The van der Waals surface area contributed by atoms with Gasteiger partial charge < -0.3 is 24.7 Å². The number of nitrogens with one attached hydrogen (secondary N) is 1. The molecule has 4 rings (SSSR count).